The summed E-state index contributed by atoms with van der Waals surface area (Å²) in [5.41, 5.74) is 2.04. The number of aromatic nitrogens is 4. The quantitative estimate of drug-likeness (QED) is 0.641. The van der Waals surface area contributed by atoms with Crippen molar-refractivity contribution in [2.45, 2.75) is 24.4 Å². The first-order valence-corrected chi connectivity index (χ1v) is 6.99. The highest BCUT2D eigenvalue weighted by Crippen LogP contribution is 2.24. The molecule has 3 heterocycles. The summed E-state index contributed by atoms with van der Waals surface area (Å²) in [6, 6.07) is 2.07. The van der Waals surface area contributed by atoms with Crippen LogP contribution >= 0.6 is 11.8 Å². The normalized spacial score (nSPS) is 20.2. The Bertz CT molecular complexity index is 544. The number of thioether (sulfide) groups is 1. The monoisotopic (exact) mass is 249 g/mol. The molecule has 1 aliphatic heterocycles. The first-order valence-electron chi connectivity index (χ1n) is 5.77. The molecule has 17 heavy (non-hydrogen) atoms. The van der Waals surface area contributed by atoms with Crippen LogP contribution in [0, 0.1) is 6.92 Å². The molecular formula is C11H15N5S. The molecule has 5 nitrogen and oxygen atoms in total. The van der Waals surface area contributed by atoms with E-state index in [2.05, 4.69) is 21.5 Å². The molecule has 0 aliphatic carbocycles. The van der Waals surface area contributed by atoms with Crippen LogP contribution in [0.15, 0.2) is 11.2 Å². The molecule has 0 saturated carbocycles. The number of hydrogen-bond acceptors (Lipinski definition) is 5. The van der Waals surface area contributed by atoms with Gasteiger partial charge >= 0.3 is 0 Å². The molecule has 1 unspecified atom stereocenters. The van der Waals surface area contributed by atoms with E-state index in [-0.39, 0.29) is 0 Å². The maximum Gasteiger partial charge on any atom is 0.190 e. The second-order valence-corrected chi connectivity index (χ2v) is 5.06. The summed E-state index contributed by atoms with van der Waals surface area (Å²) in [5.74, 6) is 1.31. The molecule has 0 bridgehead atoms. The van der Waals surface area contributed by atoms with E-state index in [1.165, 1.54) is 0 Å². The number of nitrogens with zero attached hydrogens (tertiary/aromatic N) is 4. The summed E-state index contributed by atoms with van der Waals surface area (Å²) in [6.45, 7) is 4.01. The van der Waals surface area contributed by atoms with Gasteiger partial charge in [-0.3, -0.25) is 0 Å². The molecule has 0 spiro atoms. The van der Waals surface area contributed by atoms with E-state index in [1.54, 1.807) is 11.8 Å². The van der Waals surface area contributed by atoms with Crippen molar-refractivity contribution in [2.24, 2.45) is 0 Å². The van der Waals surface area contributed by atoms with Gasteiger partial charge < -0.3 is 5.32 Å². The lowest BCUT2D eigenvalue weighted by Crippen LogP contribution is -2.10. The van der Waals surface area contributed by atoms with Crippen LogP contribution in [0.5, 0.6) is 0 Å². The Morgan fingerprint density at radius 1 is 1.47 bits per heavy atom. The average Bonchev–Trinajstić information content (AvgIpc) is 2.94. The van der Waals surface area contributed by atoms with Gasteiger partial charge in [-0.1, -0.05) is 11.8 Å². The second kappa shape index (κ2) is 4.27. The SMILES string of the molecule is CSc1nc(C2CCNC2)cc2nc(C)nn12. The van der Waals surface area contributed by atoms with Crippen LogP contribution in [0.25, 0.3) is 5.65 Å². The van der Waals surface area contributed by atoms with Crippen molar-refractivity contribution >= 4 is 17.4 Å². The van der Waals surface area contributed by atoms with Crippen LogP contribution < -0.4 is 5.32 Å². The van der Waals surface area contributed by atoms with Crippen LogP contribution in [0.4, 0.5) is 0 Å². The van der Waals surface area contributed by atoms with E-state index in [1.807, 2.05) is 17.7 Å². The predicted octanol–water partition coefficient (Wildman–Crippen LogP) is 1.23. The molecule has 2 aromatic heterocycles. The van der Waals surface area contributed by atoms with Gasteiger partial charge in [0, 0.05) is 18.5 Å². The maximum absolute atomic E-state index is 4.70. The van der Waals surface area contributed by atoms with Crippen molar-refractivity contribution in [3.63, 3.8) is 0 Å². The molecule has 0 radical (unpaired) electrons. The number of rotatable bonds is 2. The molecule has 2 aromatic rings. The van der Waals surface area contributed by atoms with Crippen molar-refractivity contribution in [3.05, 3.63) is 17.6 Å². The van der Waals surface area contributed by atoms with Crippen LogP contribution in [-0.4, -0.2) is 38.9 Å². The van der Waals surface area contributed by atoms with E-state index in [0.29, 0.717) is 5.92 Å². The topological polar surface area (TPSA) is 55.1 Å². The van der Waals surface area contributed by atoms with Gasteiger partial charge in [-0.15, -0.1) is 5.10 Å². The van der Waals surface area contributed by atoms with Crippen LogP contribution in [0.3, 0.4) is 0 Å². The van der Waals surface area contributed by atoms with Crippen molar-refractivity contribution in [1.29, 1.82) is 0 Å². The zero-order chi connectivity index (χ0) is 11.8. The Hall–Kier alpha value is -1.14. The molecule has 1 atom stereocenters. The van der Waals surface area contributed by atoms with Gasteiger partial charge in [0.2, 0.25) is 0 Å². The highest BCUT2D eigenvalue weighted by atomic mass is 32.2. The van der Waals surface area contributed by atoms with E-state index < -0.39 is 0 Å². The van der Waals surface area contributed by atoms with Crippen molar-refractivity contribution in [1.82, 2.24) is 24.9 Å². The smallest absolute Gasteiger partial charge is 0.190 e. The lowest BCUT2D eigenvalue weighted by molar-refractivity contribution is 0.689. The van der Waals surface area contributed by atoms with Gasteiger partial charge in [-0.05, 0) is 26.1 Å². The second-order valence-electron chi connectivity index (χ2n) is 4.29. The van der Waals surface area contributed by atoms with Gasteiger partial charge in [0.25, 0.3) is 0 Å². The molecule has 3 rings (SSSR count). The third-order valence-electron chi connectivity index (χ3n) is 3.08. The minimum atomic E-state index is 0.517. The largest absolute Gasteiger partial charge is 0.316 e. The summed E-state index contributed by atoms with van der Waals surface area (Å²) in [4.78, 5) is 9.13. The van der Waals surface area contributed by atoms with Gasteiger partial charge in [-0.25, -0.2) is 9.97 Å². The first kappa shape index (κ1) is 11.0. The molecule has 6 heteroatoms. The maximum atomic E-state index is 4.70. The molecule has 1 aliphatic rings. The third-order valence-corrected chi connectivity index (χ3v) is 3.71. The van der Waals surface area contributed by atoms with Gasteiger partial charge in [-0.2, -0.15) is 4.52 Å². The molecule has 90 valence electrons. The summed E-state index contributed by atoms with van der Waals surface area (Å²) >= 11 is 1.61. The fourth-order valence-corrected chi connectivity index (χ4v) is 2.74. The lowest BCUT2D eigenvalue weighted by atomic mass is 10.1. The third kappa shape index (κ3) is 1.91. The predicted molar refractivity (Wildman–Crippen MR) is 67.5 cm³/mol. The highest BCUT2D eigenvalue weighted by Gasteiger charge is 2.20. The minimum absolute atomic E-state index is 0.517. The van der Waals surface area contributed by atoms with Crippen molar-refractivity contribution < 1.29 is 0 Å². The van der Waals surface area contributed by atoms with E-state index in [4.69, 9.17) is 4.98 Å². The van der Waals surface area contributed by atoms with E-state index in [0.717, 1.165) is 41.8 Å². The fraction of sp³-hybridized carbons (Fsp3) is 0.545. The van der Waals surface area contributed by atoms with Crippen molar-refractivity contribution in [3.8, 4) is 0 Å². The molecule has 0 amide bonds. The summed E-state index contributed by atoms with van der Waals surface area (Å²) in [5, 5.41) is 8.65. The van der Waals surface area contributed by atoms with Gasteiger partial charge in [0.15, 0.2) is 10.8 Å². The van der Waals surface area contributed by atoms with Gasteiger partial charge in [0.1, 0.15) is 5.82 Å². The van der Waals surface area contributed by atoms with E-state index in [9.17, 15) is 0 Å². The molecule has 1 saturated heterocycles. The molecular weight excluding hydrogens is 234 g/mol. The van der Waals surface area contributed by atoms with E-state index >= 15 is 0 Å². The number of nitrogens with one attached hydrogen (secondary N) is 1. The molecule has 1 N–H and O–H groups in total. The number of hydrogen-bond donors (Lipinski definition) is 1. The minimum Gasteiger partial charge on any atom is -0.316 e. The standard InChI is InChI=1S/C11H15N5S/c1-7-13-10-5-9(8-3-4-12-6-8)14-11(17-2)16(10)15-7/h5,8,12H,3-4,6H2,1-2H3. The molecule has 1 fully saturated rings. The first-order chi connectivity index (χ1) is 8.28. The number of aryl methyl sites for hydroxylation is 1. The Morgan fingerprint density at radius 3 is 3.06 bits per heavy atom. The Kier molecular flexibility index (Phi) is 2.76. The van der Waals surface area contributed by atoms with Crippen molar-refractivity contribution in [2.75, 3.05) is 19.3 Å². The summed E-state index contributed by atoms with van der Waals surface area (Å²) in [6.07, 6.45) is 3.18. The van der Waals surface area contributed by atoms with Crippen LogP contribution in [0.2, 0.25) is 0 Å². The highest BCUT2D eigenvalue weighted by molar-refractivity contribution is 7.98. The summed E-state index contributed by atoms with van der Waals surface area (Å²) in [7, 11) is 0. The Labute approximate surface area is 104 Å². The zero-order valence-corrected chi connectivity index (χ0v) is 10.8. The Morgan fingerprint density at radius 2 is 2.35 bits per heavy atom. The summed E-state index contributed by atoms with van der Waals surface area (Å²) < 4.78 is 1.83. The average molecular weight is 249 g/mol. The number of fused-ring (bicyclic) bond motifs is 1. The lowest BCUT2D eigenvalue weighted by Gasteiger charge is -2.09. The van der Waals surface area contributed by atoms with Crippen LogP contribution in [0.1, 0.15) is 23.9 Å². The molecule has 0 aromatic carbocycles. The zero-order valence-electron chi connectivity index (χ0n) is 9.97. The van der Waals surface area contributed by atoms with Crippen LogP contribution in [-0.2, 0) is 0 Å². The fourth-order valence-electron chi connectivity index (χ4n) is 2.24. The van der Waals surface area contributed by atoms with Gasteiger partial charge in [0.05, 0.1) is 5.69 Å². The Balaban J connectivity index is 2.13.